The van der Waals surface area contributed by atoms with Crippen LogP contribution in [0.4, 0.5) is 10.5 Å². The van der Waals surface area contributed by atoms with Crippen molar-refractivity contribution in [1.82, 2.24) is 14.7 Å². The van der Waals surface area contributed by atoms with E-state index in [0.717, 1.165) is 0 Å². The molecule has 1 fully saturated rings. The summed E-state index contributed by atoms with van der Waals surface area (Å²) in [6.45, 7) is 6.92. The number of nitrogens with two attached hydrogens (primary N) is 1. The maximum Gasteiger partial charge on any atom is 0.410 e. The fourth-order valence-electron chi connectivity index (χ4n) is 4.42. The number of halogens is 1. The summed E-state index contributed by atoms with van der Waals surface area (Å²) >= 11 is 3.24. The second-order valence-electron chi connectivity index (χ2n) is 10.6. The smallest absolute Gasteiger partial charge is 0.410 e. The van der Waals surface area contributed by atoms with E-state index in [2.05, 4.69) is 21.0 Å². The van der Waals surface area contributed by atoms with Gasteiger partial charge in [0, 0.05) is 17.4 Å². The molecule has 1 saturated heterocycles. The van der Waals surface area contributed by atoms with Crippen LogP contribution in [-0.2, 0) is 41.7 Å². The molecule has 2 atom stereocenters. The minimum absolute atomic E-state index is 0.0939. The van der Waals surface area contributed by atoms with Crippen LogP contribution in [0.25, 0.3) is 0 Å². The number of carbonyl (C=O) groups excluding carboxylic acids is 3. The van der Waals surface area contributed by atoms with E-state index in [1.807, 2.05) is 6.92 Å². The second kappa shape index (κ2) is 9.97. The van der Waals surface area contributed by atoms with Gasteiger partial charge in [0.05, 0.1) is 48.2 Å². The molecule has 2 aliphatic heterocycles. The lowest BCUT2D eigenvalue weighted by molar-refractivity contribution is -0.130. The zero-order valence-electron chi connectivity index (χ0n) is 21.5. The van der Waals surface area contributed by atoms with Gasteiger partial charge in [-0.3, -0.25) is 23.4 Å². The van der Waals surface area contributed by atoms with Crippen LogP contribution in [0.2, 0.25) is 0 Å². The Kier molecular flexibility index (Phi) is 7.36. The third kappa shape index (κ3) is 5.57. The number of ether oxygens (including phenoxy) is 1. The van der Waals surface area contributed by atoms with Crippen LogP contribution in [0, 0.1) is 5.41 Å². The van der Waals surface area contributed by atoms with Gasteiger partial charge in [-0.05, 0) is 52.0 Å². The monoisotopic (exact) mass is 611 g/mol. The Morgan fingerprint density at radius 2 is 1.89 bits per heavy atom. The Labute approximate surface area is 229 Å². The third-order valence-corrected chi connectivity index (χ3v) is 8.31. The molecular weight excluding hydrogens is 582 g/mol. The number of benzene rings is 1. The topological polar surface area (TPSA) is 154 Å². The van der Waals surface area contributed by atoms with E-state index in [1.54, 1.807) is 42.5 Å². The maximum absolute atomic E-state index is 13.1. The first-order valence-electron chi connectivity index (χ1n) is 11.9. The van der Waals surface area contributed by atoms with E-state index in [9.17, 15) is 22.8 Å². The van der Waals surface area contributed by atoms with Gasteiger partial charge in [0.2, 0.25) is 11.8 Å². The molecule has 1 unspecified atom stereocenters. The van der Waals surface area contributed by atoms with Gasteiger partial charge >= 0.3 is 6.09 Å². The molecule has 0 bridgehead atoms. The molecule has 14 heteroatoms. The zero-order valence-corrected chi connectivity index (χ0v) is 23.9. The Balaban J connectivity index is 1.56. The predicted molar refractivity (Wildman–Crippen MR) is 139 cm³/mol. The van der Waals surface area contributed by atoms with E-state index in [1.165, 1.54) is 23.2 Å². The molecule has 3 heterocycles. The second-order valence-corrected chi connectivity index (χ2v) is 13.1. The van der Waals surface area contributed by atoms with E-state index in [-0.39, 0.29) is 30.4 Å². The van der Waals surface area contributed by atoms with Crippen molar-refractivity contribution in [3.05, 3.63) is 40.6 Å². The summed E-state index contributed by atoms with van der Waals surface area (Å²) in [7, 11) is -4.21. The molecule has 2 N–H and O–H groups in total. The van der Waals surface area contributed by atoms with Crippen molar-refractivity contribution in [2.45, 2.75) is 63.7 Å². The summed E-state index contributed by atoms with van der Waals surface area (Å²) in [4.78, 5) is 41.3. The summed E-state index contributed by atoms with van der Waals surface area (Å²) in [5.74, 6) is -1.30. The van der Waals surface area contributed by atoms with Gasteiger partial charge in [-0.25, -0.2) is 4.79 Å². The van der Waals surface area contributed by atoms with E-state index >= 15 is 0 Å². The lowest BCUT2D eigenvalue weighted by atomic mass is 9.87. The minimum atomic E-state index is -4.21. The largest absolute Gasteiger partial charge is 0.444 e. The number of rotatable bonds is 6. The standard InChI is InChI=1S/C24H30BrN5O7S/c1-15-11-30-19(12-28(15)22(33)37-23(2,3)4)18(10-27-30)29-13-24(21(26)32,9-20(29)31)14-36-38(34,35)17-7-5-16(25)6-8-17/h5-8,10,15H,9,11-14H2,1-4H3,(H2,26,32)/t15-,24?/m0/s1. The summed E-state index contributed by atoms with van der Waals surface area (Å²) < 4.78 is 38.6. The van der Waals surface area contributed by atoms with Crippen LogP contribution in [0.1, 0.15) is 39.8 Å². The summed E-state index contributed by atoms with van der Waals surface area (Å²) in [6.07, 6.45) is 0.665. The van der Waals surface area contributed by atoms with Crippen molar-refractivity contribution in [3.63, 3.8) is 0 Å². The van der Waals surface area contributed by atoms with Crippen LogP contribution in [0.3, 0.4) is 0 Å². The molecule has 0 radical (unpaired) electrons. The average Bonchev–Trinajstić information content (AvgIpc) is 3.37. The molecule has 0 aliphatic carbocycles. The highest BCUT2D eigenvalue weighted by molar-refractivity contribution is 9.10. The lowest BCUT2D eigenvalue weighted by Gasteiger charge is -2.36. The fraction of sp³-hybridized carbons (Fsp3) is 0.500. The molecule has 0 spiro atoms. The van der Waals surface area contributed by atoms with Crippen LogP contribution in [0.5, 0.6) is 0 Å². The van der Waals surface area contributed by atoms with Crippen molar-refractivity contribution < 1.29 is 31.7 Å². The molecule has 38 heavy (non-hydrogen) atoms. The third-order valence-electron chi connectivity index (χ3n) is 6.50. The van der Waals surface area contributed by atoms with E-state index in [4.69, 9.17) is 14.7 Å². The van der Waals surface area contributed by atoms with Crippen molar-refractivity contribution in [1.29, 1.82) is 0 Å². The number of fused-ring (bicyclic) bond motifs is 1. The van der Waals surface area contributed by atoms with Gasteiger partial charge in [0.15, 0.2) is 0 Å². The van der Waals surface area contributed by atoms with Crippen LogP contribution in [-0.4, -0.2) is 65.8 Å². The summed E-state index contributed by atoms with van der Waals surface area (Å²) in [5, 5.41) is 4.38. The molecular formula is C24H30BrN5O7S. The number of nitrogens with zero attached hydrogens (tertiary/aromatic N) is 4. The number of anilines is 1. The first-order chi connectivity index (χ1) is 17.6. The van der Waals surface area contributed by atoms with Crippen molar-refractivity contribution in [3.8, 4) is 0 Å². The predicted octanol–water partition coefficient (Wildman–Crippen LogP) is 2.40. The molecule has 1 aromatic carbocycles. The normalized spacial score (nSPS) is 21.9. The highest BCUT2D eigenvalue weighted by atomic mass is 79.9. The lowest BCUT2D eigenvalue weighted by Crippen LogP contribution is -2.47. The molecule has 206 valence electrons. The SMILES string of the molecule is C[C@H]1Cn2ncc(N3CC(COS(=O)(=O)c4ccc(Br)cc4)(C(N)=O)CC3=O)c2CN1C(=O)OC(C)(C)C. The number of amides is 3. The van der Waals surface area contributed by atoms with E-state index in [0.29, 0.717) is 22.4 Å². The Hall–Kier alpha value is -2.97. The molecule has 0 saturated carbocycles. The number of hydrogen-bond donors (Lipinski definition) is 1. The summed E-state index contributed by atoms with van der Waals surface area (Å²) in [6, 6.07) is 5.61. The first-order valence-corrected chi connectivity index (χ1v) is 14.1. The van der Waals surface area contributed by atoms with Gasteiger partial charge in [0.25, 0.3) is 10.1 Å². The van der Waals surface area contributed by atoms with Crippen molar-refractivity contribution >= 4 is 49.6 Å². The van der Waals surface area contributed by atoms with Crippen LogP contribution in [0.15, 0.2) is 39.8 Å². The zero-order chi connectivity index (χ0) is 28.0. The van der Waals surface area contributed by atoms with Crippen LogP contribution < -0.4 is 10.6 Å². The van der Waals surface area contributed by atoms with E-state index < -0.39 is 45.6 Å². The summed E-state index contributed by atoms with van der Waals surface area (Å²) in [5.41, 5.74) is 4.42. The number of aromatic nitrogens is 2. The van der Waals surface area contributed by atoms with Gasteiger partial charge in [-0.2, -0.15) is 13.5 Å². The molecule has 4 rings (SSSR count). The quantitative estimate of drug-likeness (QED) is 0.488. The van der Waals surface area contributed by atoms with Gasteiger partial charge in [0.1, 0.15) is 11.0 Å². The molecule has 3 amide bonds. The number of primary amides is 1. The molecule has 12 nitrogen and oxygen atoms in total. The number of hydrogen-bond acceptors (Lipinski definition) is 8. The fourth-order valence-corrected chi connectivity index (χ4v) is 5.67. The average molecular weight is 613 g/mol. The minimum Gasteiger partial charge on any atom is -0.444 e. The van der Waals surface area contributed by atoms with Crippen molar-refractivity contribution in [2.24, 2.45) is 11.1 Å². The highest BCUT2D eigenvalue weighted by Crippen LogP contribution is 2.38. The van der Waals surface area contributed by atoms with Crippen LogP contribution >= 0.6 is 15.9 Å². The Morgan fingerprint density at radius 1 is 1.24 bits per heavy atom. The molecule has 1 aromatic heterocycles. The Bertz CT molecular complexity index is 1370. The highest BCUT2D eigenvalue weighted by Gasteiger charge is 2.50. The van der Waals surface area contributed by atoms with Gasteiger partial charge in [-0.15, -0.1) is 0 Å². The Morgan fingerprint density at radius 3 is 2.50 bits per heavy atom. The van der Waals surface area contributed by atoms with Gasteiger partial charge < -0.3 is 15.4 Å². The molecule has 2 aromatic rings. The van der Waals surface area contributed by atoms with Crippen molar-refractivity contribution in [2.75, 3.05) is 18.1 Å². The first kappa shape index (κ1) is 28.0. The maximum atomic E-state index is 13.1. The number of carbonyl (C=O) groups is 3. The van der Waals surface area contributed by atoms with Gasteiger partial charge in [-0.1, -0.05) is 15.9 Å². The molecule has 2 aliphatic rings.